The number of hydrogen-bond acceptors (Lipinski definition) is 10. The van der Waals surface area contributed by atoms with Gasteiger partial charge in [0.2, 0.25) is 18.6 Å². The van der Waals surface area contributed by atoms with Crippen LogP contribution >= 0.6 is 11.8 Å². The topological polar surface area (TPSA) is 126 Å². The molecule has 0 radical (unpaired) electrons. The fourth-order valence-corrected chi connectivity index (χ4v) is 3.96. The Bertz CT molecular complexity index is 1360. The third-order valence-corrected chi connectivity index (χ3v) is 5.81. The molecule has 3 heterocycles. The van der Waals surface area contributed by atoms with Crippen LogP contribution in [0.25, 0.3) is 11.5 Å². The van der Waals surface area contributed by atoms with Crippen molar-refractivity contribution in [1.82, 2.24) is 15.2 Å². The summed E-state index contributed by atoms with van der Waals surface area (Å²) in [7, 11) is 0. The summed E-state index contributed by atoms with van der Waals surface area (Å²) in [5.74, 6) is 0.860. The predicted octanol–water partition coefficient (Wildman–Crippen LogP) is 3.95. The Balaban J connectivity index is 1.17. The van der Waals surface area contributed by atoms with Crippen molar-refractivity contribution < 1.29 is 28.2 Å². The van der Waals surface area contributed by atoms with Crippen molar-refractivity contribution in [3.63, 3.8) is 0 Å². The number of pyridine rings is 1. The van der Waals surface area contributed by atoms with Crippen LogP contribution in [-0.2, 0) is 16.1 Å². The Morgan fingerprint density at radius 3 is 2.74 bits per heavy atom. The summed E-state index contributed by atoms with van der Waals surface area (Å²) >= 11 is 1.12. The number of rotatable bonds is 8. The number of carbonyl (C=O) groups excluding carboxylic acids is 2. The number of fused-ring (bicyclic) bond motifs is 1. The Morgan fingerprint density at radius 1 is 1.00 bits per heavy atom. The normalized spacial score (nSPS) is 11.8. The molecule has 35 heavy (non-hydrogen) atoms. The molecule has 11 heteroatoms. The largest absolute Gasteiger partial charge is 0.454 e. The predicted molar refractivity (Wildman–Crippen MR) is 125 cm³/mol. The fourth-order valence-electron chi connectivity index (χ4n) is 3.18. The van der Waals surface area contributed by atoms with Crippen LogP contribution < -0.4 is 14.8 Å². The highest BCUT2D eigenvalue weighted by Gasteiger charge is 2.18. The van der Waals surface area contributed by atoms with E-state index >= 15 is 0 Å². The summed E-state index contributed by atoms with van der Waals surface area (Å²) in [5.41, 5.74) is 1.58. The van der Waals surface area contributed by atoms with Gasteiger partial charge in [0.25, 0.3) is 5.89 Å². The molecule has 0 fully saturated rings. The maximum Gasteiger partial charge on any atom is 0.341 e. The van der Waals surface area contributed by atoms with Gasteiger partial charge in [0.05, 0.1) is 11.3 Å². The molecule has 0 atom stereocenters. The zero-order valence-corrected chi connectivity index (χ0v) is 19.0. The van der Waals surface area contributed by atoms with E-state index in [0.29, 0.717) is 28.1 Å². The Labute approximate surface area is 203 Å². The number of thioether (sulfide) groups is 1. The zero-order valence-electron chi connectivity index (χ0n) is 18.2. The number of nitrogens with zero attached hydrogens (tertiary/aromatic N) is 3. The quantitative estimate of drug-likeness (QED) is 0.287. The van der Waals surface area contributed by atoms with Crippen molar-refractivity contribution >= 4 is 29.3 Å². The van der Waals surface area contributed by atoms with Crippen molar-refractivity contribution in [2.45, 2.75) is 11.6 Å². The van der Waals surface area contributed by atoms with E-state index in [2.05, 4.69) is 20.5 Å². The zero-order chi connectivity index (χ0) is 24.0. The van der Waals surface area contributed by atoms with Crippen LogP contribution in [0.1, 0.15) is 16.2 Å². The van der Waals surface area contributed by atoms with Gasteiger partial charge in [0.15, 0.2) is 18.1 Å². The lowest BCUT2D eigenvalue weighted by Gasteiger charge is -2.08. The second-order valence-electron chi connectivity index (χ2n) is 7.20. The molecule has 1 aliphatic rings. The molecule has 176 valence electrons. The highest BCUT2D eigenvalue weighted by atomic mass is 32.2. The average Bonchev–Trinajstić information content (AvgIpc) is 3.56. The highest BCUT2D eigenvalue weighted by molar-refractivity contribution is 8.00. The summed E-state index contributed by atoms with van der Waals surface area (Å²) in [4.78, 5) is 29.3. The summed E-state index contributed by atoms with van der Waals surface area (Å²) in [6.07, 6.45) is 1.54. The van der Waals surface area contributed by atoms with Gasteiger partial charge in [-0.2, -0.15) is 0 Å². The minimum absolute atomic E-state index is 0.0375. The van der Waals surface area contributed by atoms with E-state index in [0.717, 1.165) is 17.3 Å². The van der Waals surface area contributed by atoms with Crippen LogP contribution in [-0.4, -0.2) is 39.6 Å². The Kier molecular flexibility index (Phi) is 6.57. The monoisotopic (exact) mass is 490 g/mol. The molecule has 5 rings (SSSR count). The van der Waals surface area contributed by atoms with E-state index in [1.807, 2.05) is 30.3 Å². The van der Waals surface area contributed by atoms with E-state index in [-0.39, 0.29) is 36.5 Å². The second-order valence-corrected chi connectivity index (χ2v) is 8.17. The van der Waals surface area contributed by atoms with Gasteiger partial charge in [-0.05, 0) is 36.4 Å². The molecule has 1 amide bonds. The SMILES string of the molecule is O=C(CSc1ncccc1C(=O)OCc1nnc(-c2ccccc2)o1)Nc1ccc2c(c1)OCO2. The molecule has 2 aromatic carbocycles. The van der Waals surface area contributed by atoms with E-state index in [4.69, 9.17) is 18.6 Å². The maximum atomic E-state index is 12.7. The van der Waals surface area contributed by atoms with Crippen LogP contribution in [0, 0.1) is 0 Å². The van der Waals surface area contributed by atoms with Crippen molar-refractivity contribution in [2.24, 2.45) is 0 Å². The minimum Gasteiger partial charge on any atom is -0.454 e. The average molecular weight is 490 g/mol. The van der Waals surface area contributed by atoms with Crippen molar-refractivity contribution in [3.8, 4) is 23.0 Å². The summed E-state index contributed by atoms with van der Waals surface area (Å²) in [6, 6.07) is 17.6. The standard InChI is InChI=1S/C24H18N4O6S/c29-20(26-16-8-9-18-19(11-16)33-14-32-18)13-35-23-17(7-4-10-25-23)24(30)31-12-21-27-28-22(34-21)15-5-2-1-3-6-15/h1-11H,12-14H2,(H,26,29). The molecule has 0 bridgehead atoms. The highest BCUT2D eigenvalue weighted by Crippen LogP contribution is 2.34. The van der Waals surface area contributed by atoms with Crippen LogP contribution in [0.15, 0.2) is 76.3 Å². The molecular weight excluding hydrogens is 472 g/mol. The molecule has 0 aliphatic carbocycles. The van der Waals surface area contributed by atoms with Gasteiger partial charge in [-0.25, -0.2) is 9.78 Å². The smallest absolute Gasteiger partial charge is 0.341 e. The van der Waals surface area contributed by atoms with Crippen LogP contribution in [0.4, 0.5) is 5.69 Å². The molecule has 1 N–H and O–H groups in total. The number of amides is 1. The van der Waals surface area contributed by atoms with Crippen molar-refractivity contribution in [2.75, 3.05) is 17.9 Å². The summed E-state index contributed by atoms with van der Waals surface area (Å²) in [6.45, 7) is -0.0376. The minimum atomic E-state index is -0.615. The number of ether oxygens (including phenoxy) is 3. The maximum absolute atomic E-state index is 12.7. The number of hydrogen-bond donors (Lipinski definition) is 1. The third kappa shape index (κ3) is 5.41. The first kappa shape index (κ1) is 22.4. The van der Waals surface area contributed by atoms with Gasteiger partial charge < -0.3 is 23.9 Å². The third-order valence-electron chi connectivity index (χ3n) is 4.80. The number of aromatic nitrogens is 3. The fraction of sp³-hybridized carbons (Fsp3) is 0.125. The molecule has 4 aromatic rings. The molecule has 0 saturated carbocycles. The van der Waals surface area contributed by atoms with E-state index in [9.17, 15) is 9.59 Å². The number of esters is 1. The molecule has 0 spiro atoms. The lowest BCUT2D eigenvalue weighted by Crippen LogP contribution is -2.15. The molecule has 1 aliphatic heterocycles. The molecule has 0 saturated heterocycles. The van der Waals surface area contributed by atoms with Gasteiger partial charge >= 0.3 is 5.97 Å². The molecule has 2 aromatic heterocycles. The van der Waals surface area contributed by atoms with Crippen molar-refractivity contribution in [3.05, 3.63) is 78.3 Å². The molecule has 0 unspecified atom stereocenters. The second kappa shape index (κ2) is 10.3. The van der Waals surface area contributed by atoms with E-state index in [1.165, 1.54) is 0 Å². The van der Waals surface area contributed by atoms with Gasteiger partial charge in [-0.3, -0.25) is 4.79 Å². The molecular formula is C24H18N4O6S. The van der Waals surface area contributed by atoms with Gasteiger partial charge in [-0.15, -0.1) is 10.2 Å². The number of benzene rings is 2. The Morgan fingerprint density at radius 2 is 1.86 bits per heavy atom. The van der Waals surface area contributed by atoms with Crippen LogP contribution in [0.3, 0.4) is 0 Å². The number of carbonyl (C=O) groups is 2. The van der Waals surface area contributed by atoms with Crippen LogP contribution in [0.2, 0.25) is 0 Å². The Hall–Kier alpha value is -4.38. The lowest BCUT2D eigenvalue weighted by molar-refractivity contribution is -0.113. The van der Waals surface area contributed by atoms with E-state index < -0.39 is 5.97 Å². The summed E-state index contributed by atoms with van der Waals surface area (Å²) < 4.78 is 21.5. The van der Waals surface area contributed by atoms with Crippen LogP contribution in [0.5, 0.6) is 11.5 Å². The van der Waals surface area contributed by atoms with Gasteiger partial charge in [0.1, 0.15) is 5.03 Å². The first-order valence-corrected chi connectivity index (χ1v) is 11.5. The molecule has 10 nitrogen and oxygen atoms in total. The van der Waals surface area contributed by atoms with Gasteiger partial charge in [-0.1, -0.05) is 30.0 Å². The first-order chi connectivity index (χ1) is 17.2. The van der Waals surface area contributed by atoms with E-state index in [1.54, 1.807) is 36.5 Å². The van der Waals surface area contributed by atoms with Crippen molar-refractivity contribution in [1.29, 1.82) is 0 Å². The summed E-state index contributed by atoms with van der Waals surface area (Å²) in [5, 5.41) is 11.0. The first-order valence-electron chi connectivity index (χ1n) is 10.5. The van der Waals surface area contributed by atoms with Gasteiger partial charge in [0, 0.05) is 23.5 Å². The number of anilines is 1. The lowest BCUT2D eigenvalue weighted by atomic mass is 10.2. The number of nitrogens with one attached hydrogen (secondary N) is 1.